The second-order valence-corrected chi connectivity index (χ2v) is 6.48. The Hall–Kier alpha value is -3.78. The van der Waals surface area contributed by atoms with E-state index in [0.717, 1.165) is 22.0 Å². The van der Waals surface area contributed by atoms with Gasteiger partial charge in [0.2, 0.25) is 0 Å². The molecule has 0 fully saturated rings. The topological polar surface area (TPSA) is 96.6 Å². The molecule has 2 aromatic carbocycles. The van der Waals surface area contributed by atoms with Crippen molar-refractivity contribution in [2.75, 3.05) is 21.0 Å². The molecule has 2 heterocycles. The number of hydrogen-bond acceptors (Lipinski definition) is 8. The second-order valence-electron chi connectivity index (χ2n) is 6.48. The van der Waals surface area contributed by atoms with E-state index in [1.54, 1.807) is 13.2 Å². The van der Waals surface area contributed by atoms with E-state index in [9.17, 15) is 4.79 Å². The number of benzene rings is 2. The van der Waals surface area contributed by atoms with Crippen LogP contribution in [0.2, 0.25) is 0 Å². The van der Waals surface area contributed by atoms with Crippen LogP contribution >= 0.6 is 0 Å². The van der Waals surface area contributed by atoms with Gasteiger partial charge in [0, 0.05) is 29.7 Å². The van der Waals surface area contributed by atoms with Crippen LogP contribution in [0.4, 0.5) is 0 Å². The Morgan fingerprint density at radius 1 is 1.00 bits per heavy atom. The van der Waals surface area contributed by atoms with E-state index in [0.29, 0.717) is 22.9 Å². The summed E-state index contributed by atoms with van der Waals surface area (Å²) in [5, 5.41) is 13.6. The van der Waals surface area contributed by atoms with Gasteiger partial charge in [0.1, 0.15) is 23.6 Å². The SMILES string of the molecule is COCOc1ccccc1-c1cc2cc(-c3cc(CC(=O)OC)on3)ccc2nn1. The summed E-state index contributed by atoms with van der Waals surface area (Å²) in [6.45, 7) is 0.141. The molecule has 0 saturated carbocycles. The molecule has 8 nitrogen and oxygen atoms in total. The molecule has 0 unspecified atom stereocenters. The van der Waals surface area contributed by atoms with Crippen LogP contribution in [0, 0.1) is 0 Å². The third-order valence-corrected chi connectivity index (χ3v) is 4.48. The van der Waals surface area contributed by atoms with Gasteiger partial charge in [-0.15, -0.1) is 10.2 Å². The van der Waals surface area contributed by atoms with Gasteiger partial charge in [-0.2, -0.15) is 0 Å². The summed E-state index contributed by atoms with van der Waals surface area (Å²) < 4.78 is 20.5. The van der Waals surface area contributed by atoms with Gasteiger partial charge in [-0.3, -0.25) is 4.79 Å². The molecule has 0 atom stereocenters. The molecule has 0 saturated heterocycles. The van der Waals surface area contributed by atoms with Crippen molar-refractivity contribution < 1.29 is 23.5 Å². The molecule has 0 aliphatic rings. The van der Waals surface area contributed by atoms with Gasteiger partial charge >= 0.3 is 5.97 Å². The van der Waals surface area contributed by atoms with Crippen molar-refractivity contribution in [3.8, 4) is 28.3 Å². The first-order valence-corrected chi connectivity index (χ1v) is 9.19. The van der Waals surface area contributed by atoms with E-state index < -0.39 is 0 Å². The first-order valence-electron chi connectivity index (χ1n) is 9.19. The van der Waals surface area contributed by atoms with Crippen molar-refractivity contribution in [2.24, 2.45) is 0 Å². The van der Waals surface area contributed by atoms with Crippen LogP contribution < -0.4 is 4.74 Å². The normalized spacial score (nSPS) is 10.9. The number of methoxy groups -OCH3 is 2. The molecule has 4 rings (SSSR count). The highest BCUT2D eigenvalue weighted by Gasteiger charge is 2.13. The molecular weight excluding hydrogens is 386 g/mol. The molecule has 0 N–H and O–H groups in total. The van der Waals surface area contributed by atoms with Gasteiger partial charge in [-0.1, -0.05) is 23.4 Å². The average Bonchev–Trinajstić information content (AvgIpc) is 3.25. The Kier molecular flexibility index (Phi) is 5.67. The zero-order valence-electron chi connectivity index (χ0n) is 16.5. The van der Waals surface area contributed by atoms with E-state index in [2.05, 4.69) is 20.1 Å². The van der Waals surface area contributed by atoms with Gasteiger partial charge in [-0.25, -0.2) is 0 Å². The number of esters is 1. The maximum atomic E-state index is 11.4. The molecule has 0 aliphatic carbocycles. The Labute approximate surface area is 172 Å². The van der Waals surface area contributed by atoms with E-state index in [-0.39, 0.29) is 19.2 Å². The van der Waals surface area contributed by atoms with Crippen LogP contribution in [0.3, 0.4) is 0 Å². The highest BCUT2D eigenvalue weighted by atomic mass is 16.7. The Morgan fingerprint density at radius 2 is 1.87 bits per heavy atom. The summed E-state index contributed by atoms with van der Waals surface area (Å²) in [6, 6.07) is 16.9. The molecule has 0 bridgehead atoms. The predicted molar refractivity (Wildman–Crippen MR) is 109 cm³/mol. The molecule has 2 aromatic heterocycles. The van der Waals surface area contributed by atoms with Gasteiger partial charge in [0.05, 0.1) is 18.3 Å². The number of carbonyl (C=O) groups excluding carboxylic acids is 1. The van der Waals surface area contributed by atoms with Crippen molar-refractivity contribution in [2.45, 2.75) is 6.42 Å². The highest BCUT2D eigenvalue weighted by molar-refractivity contribution is 5.86. The van der Waals surface area contributed by atoms with Gasteiger partial charge < -0.3 is 18.7 Å². The highest BCUT2D eigenvalue weighted by Crippen LogP contribution is 2.31. The van der Waals surface area contributed by atoms with Crippen LogP contribution in [-0.2, 0) is 20.7 Å². The van der Waals surface area contributed by atoms with Crippen molar-refractivity contribution in [1.29, 1.82) is 0 Å². The number of hydrogen-bond donors (Lipinski definition) is 0. The number of fused-ring (bicyclic) bond motifs is 1. The summed E-state index contributed by atoms with van der Waals surface area (Å²) in [4.78, 5) is 11.4. The number of carbonyl (C=O) groups is 1. The molecular formula is C22H19N3O5. The van der Waals surface area contributed by atoms with Crippen molar-refractivity contribution in [3.05, 3.63) is 60.4 Å². The first-order chi connectivity index (χ1) is 14.7. The fraction of sp³-hybridized carbons (Fsp3) is 0.182. The van der Waals surface area contributed by atoms with Crippen molar-refractivity contribution in [1.82, 2.24) is 15.4 Å². The molecule has 0 amide bonds. The fourth-order valence-corrected chi connectivity index (χ4v) is 3.01. The number of aromatic nitrogens is 3. The molecule has 0 radical (unpaired) electrons. The number of ether oxygens (including phenoxy) is 3. The average molecular weight is 405 g/mol. The van der Waals surface area contributed by atoms with E-state index in [1.165, 1.54) is 7.11 Å². The van der Waals surface area contributed by atoms with Crippen LogP contribution in [-0.4, -0.2) is 42.3 Å². The summed E-state index contributed by atoms with van der Waals surface area (Å²) >= 11 is 0. The van der Waals surface area contributed by atoms with Crippen LogP contribution in [0.25, 0.3) is 33.4 Å². The summed E-state index contributed by atoms with van der Waals surface area (Å²) in [5.74, 6) is 0.716. The minimum absolute atomic E-state index is 0.0327. The van der Waals surface area contributed by atoms with Gasteiger partial charge in [0.25, 0.3) is 0 Å². The maximum absolute atomic E-state index is 11.4. The van der Waals surface area contributed by atoms with E-state index in [1.807, 2.05) is 48.5 Å². The second kappa shape index (κ2) is 8.71. The van der Waals surface area contributed by atoms with Crippen molar-refractivity contribution in [3.63, 3.8) is 0 Å². The van der Waals surface area contributed by atoms with Crippen molar-refractivity contribution >= 4 is 16.9 Å². The van der Waals surface area contributed by atoms with Crippen LogP contribution in [0.1, 0.15) is 5.76 Å². The standard InChI is InChI=1S/C22H19N3O5/c1-27-13-29-21-6-4-3-5-17(21)20-10-15-9-14(7-8-18(15)23-24-20)19-11-16(30-25-19)12-22(26)28-2/h3-11H,12-13H2,1-2H3. The van der Waals surface area contributed by atoms with Gasteiger partial charge in [0.15, 0.2) is 6.79 Å². The molecule has 4 aromatic rings. The predicted octanol–water partition coefficient (Wildman–Crippen LogP) is 3.65. The zero-order chi connectivity index (χ0) is 20.9. The van der Waals surface area contributed by atoms with E-state index >= 15 is 0 Å². The number of para-hydroxylation sites is 1. The molecule has 0 aliphatic heterocycles. The minimum Gasteiger partial charge on any atom is -0.469 e. The number of rotatable bonds is 7. The Bertz CT molecular complexity index is 1190. The summed E-state index contributed by atoms with van der Waals surface area (Å²) in [7, 11) is 2.90. The lowest BCUT2D eigenvalue weighted by atomic mass is 10.1. The lowest BCUT2D eigenvalue weighted by Gasteiger charge is -2.10. The first kappa shape index (κ1) is 19.5. The lowest BCUT2D eigenvalue weighted by molar-refractivity contribution is -0.140. The molecule has 152 valence electrons. The smallest absolute Gasteiger partial charge is 0.313 e. The monoisotopic (exact) mass is 405 g/mol. The fourth-order valence-electron chi connectivity index (χ4n) is 3.01. The van der Waals surface area contributed by atoms with Crippen LogP contribution in [0.15, 0.2) is 59.1 Å². The molecule has 0 spiro atoms. The third-order valence-electron chi connectivity index (χ3n) is 4.48. The summed E-state index contributed by atoms with van der Waals surface area (Å²) in [6.07, 6.45) is 0.0327. The third kappa shape index (κ3) is 4.13. The quantitative estimate of drug-likeness (QED) is 0.340. The molecule has 8 heteroatoms. The molecule has 30 heavy (non-hydrogen) atoms. The van der Waals surface area contributed by atoms with E-state index in [4.69, 9.17) is 14.0 Å². The Balaban J connectivity index is 1.68. The summed E-state index contributed by atoms with van der Waals surface area (Å²) in [5.41, 5.74) is 3.70. The van der Waals surface area contributed by atoms with Crippen LogP contribution in [0.5, 0.6) is 5.75 Å². The lowest BCUT2D eigenvalue weighted by Crippen LogP contribution is -2.03. The minimum atomic E-state index is -0.384. The van der Waals surface area contributed by atoms with Gasteiger partial charge in [-0.05, 0) is 30.3 Å². The largest absolute Gasteiger partial charge is 0.469 e. The zero-order valence-corrected chi connectivity index (χ0v) is 16.5. The number of nitrogens with zero attached hydrogens (tertiary/aromatic N) is 3. The maximum Gasteiger partial charge on any atom is 0.313 e. The Morgan fingerprint density at radius 3 is 2.70 bits per heavy atom.